The van der Waals surface area contributed by atoms with Crippen molar-refractivity contribution >= 4 is 53.3 Å². The number of amides is 2. The van der Waals surface area contributed by atoms with Crippen LogP contribution in [0.15, 0.2) is 23.1 Å². The van der Waals surface area contributed by atoms with Crippen molar-refractivity contribution in [1.82, 2.24) is 10.6 Å². The Hall–Kier alpha value is -0.950. The Morgan fingerprint density at radius 3 is 3.00 bits per heavy atom. The molecule has 0 saturated carbocycles. The molecule has 3 rings (SSSR count). The Morgan fingerprint density at radius 1 is 1.46 bits per heavy atom. The fourth-order valence-electron chi connectivity index (χ4n) is 2.98. The predicted molar refractivity (Wildman–Crippen MR) is 100 cm³/mol. The summed E-state index contributed by atoms with van der Waals surface area (Å²) in [7, 11) is 0. The number of piperidine rings is 1. The zero-order valence-electron chi connectivity index (χ0n) is 13.3. The van der Waals surface area contributed by atoms with Crippen LogP contribution in [0.5, 0.6) is 0 Å². The summed E-state index contributed by atoms with van der Waals surface area (Å²) >= 11 is 7.36. The summed E-state index contributed by atoms with van der Waals surface area (Å²) < 4.78 is 0. The number of rotatable bonds is 3. The molecule has 1 saturated heterocycles. The molecule has 0 bridgehead atoms. The van der Waals surface area contributed by atoms with Crippen LogP contribution in [0.1, 0.15) is 26.2 Å². The second-order valence-electron chi connectivity index (χ2n) is 6.08. The third-order valence-electron chi connectivity index (χ3n) is 4.12. The van der Waals surface area contributed by atoms with Crippen molar-refractivity contribution in [3.8, 4) is 0 Å². The molecule has 24 heavy (non-hydrogen) atoms. The Labute approximate surface area is 157 Å². The molecule has 2 aliphatic rings. The number of thioether (sulfide) groups is 1. The number of benzene rings is 1. The normalized spacial score (nSPS) is 25.9. The number of carbonyl (C=O) groups excluding carboxylic acids is 2. The van der Waals surface area contributed by atoms with Crippen LogP contribution < -0.4 is 16.0 Å². The van der Waals surface area contributed by atoms with E-state index >= 15 is 0 Å². The Balaban J connectivity index is 0.00000208. The van der Waals surface area contributed by atoms with E-state index in [1.165, 1.54) is 11.8 Å². The molecule has 0 radical (unpaired) electrons. The molecule has 8 heteroatoms. The summed E-state index contributed by atoms with van der Waals surface area (Å²) in [6.07, 6.45) is 2.05. The van der Waals surface area contributed by atoms with Gasteiger partial charge < -0.3 is 16.0 Å². The van der Waals surface area contributed by atoms with E-state index in [2.05, 4.69) is 22.9 Å². The van der Waals surface area contributed by atoms with Gasteiger partial charge in [-0.1, -0.05) is 11.6 Å². The van der Waals surface area contributed by atoms with E-state index in [1.807, 2.05) is 6.07 Å². The van der Waals surface area contributed by atoms with E-state index in [0.29, 0.717) is 11.1 Å². The number of fused-ring (bicyclic) bond motifs is 1. The van der Waals surface area contributed by atoms with E-state index in [-0.39, 0.29) is 36.7 Å². The molecule has 3 atom stereocenters. The van der Waals surface area contributed by atoms with Crippen molar-refractivity contribution in [3.63, 3.8) is 0 Å². The van der Waals surface area contributed by atoms with E-state index in [9.17, 15) is 9.59 Å². The van der Waals surface area contributed by atoms with Crippen LogP contribution in [0.25, 0.3) is 0 Å². The van der Waals surface area contributed by atoms with Gasteiger partial charge in [0.25, 0.3) is 0 Å². The summed E-state index contributed by atoms with van der Waals surface area (Å²) in [4.78, 5) is 25.4. The summed E-state index contributed by atoms with van der Waals surface area (Å²) in [6.45, 7) is 3.03. The maximum Gasteiger partial charge on any atom is 0.238 e. The van der Waals surface area contributed by atoms with Crippen molar-refractivity contribution in [2.45, 2.75) is 48.4 Å². The SMILES string of the molecule is CC1CC(NC(=O)CC2Sc3ccc(Cl)cc3NC2=O)CCN1.Cl. The highest BCUT2D eigenvalue weighted by molar-refractivity contribution is 8.01. The first-order valence-corrected chi connectivity index (χ1v) is 9.07. The van der Waals surface area contributed by atoms with Gasteiger partial charge in [-0.15, -0.1) is 24.2 Å². The number of nitrogens with one attached hydrogen (secondary N) is 3. The maximum absolute atomic E-state index is 12.3. The molecule has 0 spiro atoms. The van der Waals surface area contributed by atoms with E-state index in [4.69, 9.17) is 11.6 Å². The number of hydrogen-bond donors (Lipinski definition) is 3. The quantitative estimate of drug-likeness (QED) is 0.743. The molecule has 2 aliphatic heterocycles. The smallest absolute Gasteiger partial charge is 0.238 e. The molecule has 0 aromatic heterocycles. The number of hydrogen-bond acceptors (Lipinski definition) is 4. The van der Waals surface area contributed by atoms with Gasteiger partial charge in [-0.3, -0.25) is 9.59 Å². The molecular formula is C16H21Cl2N3O2S. The van der Waals surface area contributed by atoms with Gasteiger partial charge in [0.15, 0.2) is 0 Å². The molecule has 3 unspecified atom stereocenters. The number of anilines is 1. The van der Waals surface area contributed by atoms with Crippen LogP contribution >= 0.6 is 35.8 Å². The van der Waals surface area contributed by atoms with Gasteiger partial charge in [0.1, 0.15) is 0 Å². The summed E-state index contributed by atoms with van der Waals surface area (Å²) in [6, 6.07) is 6.01. The van der Waals surface area contributed by atoms with Crippen molar-refractivity contribution in [1.29, 1.82) is 0 Å². The molecule has 5 nitrogen and oxygen atoms in total. The minimum absolute atomic E-state index is 0. The standard InChI is InChI=1S/C16H20ClN3O2S.ClH/c1-9-6-11(4-5-18-9)19-15(21)8-14-16(22)20-12-7-10(17)2-3-13(12)23-14;/h2-3,7,9,11,14,18H,4-6,8H2,1H3,(H,19,21)(H,20,22);1H. The monoisotopic (exact) mass is 389 g/mol. The average molecular weight is 390 g/mol. The largest absolute Gasteiger partial charge is 0.353 e. The minimum atomic E-state index is -0.400. The van der Waals surface area contributed by atoms with Gasteiger partial charge in [0.05, 0.1) is 10.9 Å². The Bertz CT molecular complexity index is 629. The van der Waals surface area contributed by atoms with Gasteiger partial charge in [-0.25, -0.2) is 0 Å². The van der Waals surface area contributed by atoms with Crippen LogP contribution in [-0.4, -0.2) is 35.7 Å². The Morgan fingerprint density at radius 2 is 2.25 bits per heavy atom. The highest BCUT2D eigenvalue weighted by Gasteiger charge is 2.30. The van der Waals surface area contributed by atoms with Crippen LogP contribution in [-0.2, 0) is 9.59 Å². The number of halogens is 2. The first-order valence-electron chi connectivity index (χ1n) is 7.81. The molecule has 1 aromatic rings. The highest BCUT2D eigenvalue weighted by Crippen LogP contribution is 2.38. The van der Waals surface area contributed by atoms with E-state index < -0.39 is 5.25 Å². The lowest BCUT2D eigenvalue weighted by atomic mass is 10.0. The average Bonchev–Trinajstić information content (AvgIpc) is 2.48. The lowest BCUT2D eigenvalue weighted by molar-refractivity contribution is -0.124. The fraction of sp³-hybridized carbons (Fsp3) is 0.500. The van der Waals surface area contributed by atoms with E-state index in [0.717, 1.165) is 30.0 Å². The van der Waals surface area contributed by atoms with Gasteiger partial charge in [0, 0.05) is 28.4 Å². The molecule has 1 fully saturated rings. The molecule has 132 valence electrons. The summed E-state index contributed by atoms with van der Waals surface area (Å²) in [5.41, 5.74) is 0.719. The first kappa shape index (κ1) is 19.4. The second kappa shape index (κ2) is 8.43. The lowest BCUT2D eigenvalue weighted by Crippen LogP contribution is -2.47. The van der Waals surface area contributed by atoms with E-state index in [1.54, 1.807) is 12.1 Å². The third-order valence-corrected chi connectivity index (χ3v) is 5.63. The zero-order chi connectivity index (χ0) is 16.4. The summed E-state index contributed by atoms with van der Waals surface area (Å²) in [5.74, 6) is -0.201. The predicted octanol–water partition coefficient (Wildman–Crippen LogP) is 2.82. The maximum atomic E-state index is 12.3. The molecular weight excluding hydrogens is 369 g/mol. The fourth-order valence-corrected chi connectivity index (χ4v) is 4.24. The molecule has 3 N–H and O–H groups in total. The van der Waals surface area contributed by atoms with Crippen molar-refractivity contribution in [2.24, 2.45) is 0 Å². The molecule has 1 aromatic carbocycles. The highest BCUT2D eigenvalue weighted by atomic mass is 35.5. The van der Waals surface area contributed by atoms with Crippen LogP contribution in [0.2, 0.25) is 5.02 Å². The topological polar surface area (TPSA) is 70.2 Å². The molecule has 0 aliphatic carbocycles. The van der Waals surface area contributed by atoms with Gasteiger partial charge in [-0.05, 0) is 44.5 Å². The van der Waals surface area contributed by atoms with Gasteiger partial charge in [0.2, 0.25) is 11.8 Å². The third kappa shape index (κ3) is 4.79. The van der Waals surface area contributed by atoms with Crippen LogP contribution in [0.4, 0.5) is 5.69 Å². The minimum Gasteiger partial charge on any atom is -0.353 e. The van der Waals surface area contributed by atoms with Crippen molar-refractivity contribution in [3.05, 3.63) is 23.2 Å². The van der Waals surface area contributed by atoms with Crippen LogP contribution in [0, 0.1) is 0 Å². The zero-order valence-corrected chi connectivity index (χ0v) is 15.7. The lowest BCUT2D eigenvalue weighted by Gasteiger charge is -2.29. The Kier molecular flexibility index (Phi) is 6.80. The molecule has 2 amide bonds. The summed E-state index contributed by atoms with van der Waals surface area (Å²) in [5, 5.41) is 9.43. The van der Waals surface area contributed by atoms with Crippen molar-refractivity contribution in [2.75, 3.05) is 11.9 Å². The van der Waals surface area contributed by atoms with Gasteiger partial charge >= 0.3 is 0 Å². The number of carbonyl (C=O) groups is 2. The van der Waals surface area contributed by atoms with Gasteiger partial charge in [-0.2, -0.15) is 0 Å². The van der Waals surface area contributed by atoms with Crippen molar-refractivity contribution < 1.29 is 9.59 Å². The molecule has 2 heterocycles. The second-order valence-corrected chi connectivity index (χ2v) is 7.77. The van der Waals surface area contributed by atoms with Crippen LogP contribution in [0.3, 0.4) is 0 Å². The first-order chi connectivity index (χ1) is 11.0.